The van der Waals surface area contributed by atoms with E-state index in [2.05, 4.69) is 55.3 Å². The summed E-state index contributed by atoms with van der Waals surface area (Å²) in [6.45, 7) is 13.6. The highest BCUT2D eigenvalue weighted by Crippen LogP contribution is 2.46. The summed E-state index contributed by atoms with van der Waals surface area (Å²) in [5.74, 6) is -1.83. The number of rotatable bonds is 4. The van der Waals surface area contributed by atoms with E-state index >= 15 is 0 Å². The second kappa shape index (κ2) is 10.9. The van der Waals surface area contributed by atoms with E-state index in [4.69, 9.17) is 0 Å². The van der Waals surface area contributed by atoms with E-state index in [-0.39, 0.29) is 0 Å². The zero-order chi connectivity index (χ0) is 21.5. The number of nitrogens with one attached hydrogen (secondary N) is 1. The topological polar surface area (TPSA) is 15.3 Å². The standard InChI is InChI=1S/C22H36N2.C3H6F2/c1-18-9-8-10-20(15-18)21(17-24-14-13-23-19(2)16-24)22(3)11-6-4-5-7-12-22;1-3(2,4)5/h8-10,15,19,21,23H,4-7,11-14,16-17H2,1-3H3;1-2H3. The number of hydrogen-bond donors (Lipinski definition) is 1. The molecule has 2 aliphatic rings. The van der Waals surface area contributed by atoms with Crippen LogP contribution in [0.1, 0.15) is 83.3 Å². The molecule has 4 heteroatoms. The lowest BCUT2D eigenvalue weighted by Gasteiger charge is -2.42. The van der Waals surface area contributed by atoms with Crippen LogP contribution in [0, 0.1) is 12.3 Å². The summed E-state index contributed by atoms with van der Waals surface area (Å²) < 4.78 is 22.0. The van der Waals surface area contributed by atoms with E-state index in [0.29, 0.717) is 17.4 Å². The molecule has 1 aromatic rings. The van der Waals surface area contributed by atoms with Crippen molar-refractivity contribution in [3.8, 4) is 0 Å². The van der Waals surface area contributed by atoms with E-state index in [1.807, 2.05) is 0 Å². The molecule has 2 nitrogen and oxygen atoms in total. The molecule has 2 atom stereocenters. The van der Waals surface area contributed by atoms with Crippen LogP contribution in [-0.2, 0) is 0 Å². The molecule has 166 valence electrons. The SMILES string of the molecule is CC(C)(F)F.Cc1cccc(C(CN2CCNC(C)C2)C2(C)CCCCCC2)c1. The highest BCUT2D eigenvalue weighted by atomic mass is 19.3. The number of alkyl halides is 2. The first kappa shape index (κ1) is 24.3. The van der Waals surface area contributed by atoms with Crippen molar-refractivity contribution < 1.29 is 8.78 Å². The molecule has 2 unspecified atom stereocenters. The number of benzene rings is 1. The smallest absolute Gasteiger partial charge is 0.242 e. The monoisotopic (exact) mass is 408 g/mol. The Morgan fingerprint density at radius 3 is 2.34 bits per heavy atom. The van der Waals surface area contributed by atoms with Crippen molar-refractivity contribution in [2.24, 2.45) is 5.41 Å². The van der Waals surface area contributed by atoms with Crippen LogP contribution < -0.4 is 5.32 Å². The fraction of sp³-hybridized carbons (Fsp3) is 0.760. The Kier molecular flexibility index (Phi) is 9.09. The van der Waals surface area contributed by atoms with E-state index in [9.17, 15) is 8.78 Å². The minimum Gasteiger partial charge on any atom is -0.312 e. The third-order valence-electron chi connectivity index (χ3n) is 6.43. The first-order chi connectivity index (χ1) is 13.6. The molecule has 1 aliphatic carbocycles. The Morgan fingerprint density at radius 1 is 1.17 bits per heavy atom. The van der Waals surface area contributed by atoms with Gasteiger partial charge in [0.2, 0.25) is 5.92 Å². The number of piperazine rings is 1. The largest absolute Gasteiger partial charge is 0.312 e. The lowest BCUT2D eigenvalue weighted by Crippen LogP contribution is -2.51. The summed E-state index contributed by atoms with van der Waals surface area (Å²) in [4.78, 5) is 2.71. The highest BCUT2D eigenvalue weighted by molar-refractivity contribution is 5.28. The van der Waals surface area contributed by atoms with Crippen molar-refractivity contribution in [1.29, 1.82) is 0 Å². The van der Waals surface area contributed by atoms with Gasteiger partial charge in [-0.15, -0.1) is 0 Å². The molecule has 1 saturated carbocycles. The molecule has 2 fully saturated rings. The van der Waals surface area contributed by atoms with Crippen molar-refractivity contribution >= 4 is 0 Å². The molecule has 0 aromatic heterocycles. The molecule has 3 rings (SSSR count). The van der Waals surface area contributed by atoms with Crippen LogP contribution in [0.5, 0.6) is 0 Å². The van der Waals surface area contributed by atoms with Gasteiger partial charge in [0.25, 0.3) is 0 Å². The van der Waals surface area contributed by atoms with Crippen molar-refractivity contribution in [1.82, 2.24) is 10.2 Å². The van der Waals surface area contributed by atoms with Crippen LogP contribution in [-0.4, -0.2) is 43.0 Å². The number of aryl methyl sites for hydroxylation is 1. The van der Waals surface area contributed by atoms with Crippen molar-refractivity contribution in [2.45, 2.75) is 91.0 Å². The maximum Gasteiger partial charge on any atom is 0.242 e. The van der Waals surface area contributed by atoms with E-state index in [0.717, 1.165) is 20.4 Å². The maximum atomic E-state index is 11.0. The maximum absolute atomic E-state index is 11.0. The molecule has 29 heavy (non-hydrogen) atoms. The van der Waals surface area contributed by atoms with Gasteiger partial charge >= 0.3 is 0 Å². The van der Waals surface area contributed by atoms with Gasteiger partial charge in [-0.1, -0.05) is 62.4 Å². The zero-order valence-electron chi connectivity index (χ0n) is 19.2. The van der Waals surface area contributed by atoms with Gasteiger partial charge in [-0.05, 0) is 51.5 Å². The second-order valence-corrected chi connectivity index (χ2v) is 9.98. The minimum atomic E-state index is -2.50. The molecule has 0 bridgehead atoms. The predicted molar refractivity (Wildman–Crippen MR) is 120 cm³/mol. The quantitative estimate of drug-likeness (QED) is 0.580. The number of nitrogens with zero attached hydrogens (tertiary/aromatic N) is 1. The molecule has 1 heterocycles. The first-order valence-corrected chi connectivity index (χ1v) is 11.5. The molecule has 1 N–H and O–H groups in total. The predicted octanol–water partition coefficient (Wildman–Crippen LogP) is 6.39. The van der Waals surface area contributed by atoms with Gasteiger partial charge in [0.15, 0.2) is 0 Å². The summed E-state index contributed by atoms with van der Waals surface area (Å²) in [7, 11) is 0. The zero-order valence-corrected chi connectivity index (χ0v) is 19.2. The Bertz CT molecular complexity index is 597. The molecular formula is C25H42F2N2. The van der Waals surface area contributed by atoms with E-state index in [1.54, 1.807) is 5.56 Å². The number of halogens is 2. The van der Waals surface area contributed by atoms with Gasteiger partial charge in [-0.25, -0.2) is 8.78 Å². The lowest BCUT2D eigenvalue weighted by molar-refractivity contribution is 0.0437. The molecule has 1 saturated heterocycles. The van der Waals surface area contributed by atoms with Crippen LogP contribution in [0.25, 0.3) is 0 Å². The van der Waals surface area contributed by atoms with Crippen LogP contribution >= 0.6 is 0 Å². The summed E-state index contributed by atoms with van der Waals surface area (Å²) >= 11 is 0. The van der Waals surface area contributed by atoms with Crippen LogP contribution in [0.3, 0.4) is 0 Å². The van der Waals surface area contributed by atoms with Gasteiger partial charge in [-0.2, -0.15) is 0 Å². The molecular weight excluding hydrogens is 366 g/mol. The van der Waals surface area contributed by atoms with Gasteiger partial charge in [0.05, 0.1) is 0 Å². The Hall–Kier alpha value is -1.00. The first-order valence-electron chi connectivity index (χ1n) is 11.5. The molecule has 0 spiro atoms. The Morgan fingerprint density at radius 2 is 1.79 bits per heavy atom. The summed E-state index contributed by atoms with van der Waals surface area (Å²) in [6, 6.07) is 9.96. The Balaban J connectivity index is 0.000000537. The van der Waals surface area contributed by atoms with Gasteiger partial charge < -0.3 is 5.32 Å². The average Bonchev–Trinajstić information content (AvgIpc) is 2.84. The third-order valence-corrected chi connectivity index (χ3v) is 6.43. The minimum absolute atomic E-state index is 0.457. The normalized spacial score (nSPS) is 24.2. The van der Waals surface area contributed by atoms with Crippen molar-refractivity contribution in [3.63, 3.8) is 0 Å². The van der Waals surface area contributed by atoms with Crippen molar-refractivity contribution in [2.75, 3.05) is 26.2 Å². The molecule has 1 aromatic carbocycles. The van der Waals surface area contributed by atoms with E-state index in [1.165, 1.54) is 63.7 Å². The van der Waals surface area contributed by atoms with Gasteiger partial charge in [0, 0.05) is 38.1 Å². The second-order valence-electron chi connectivity index (χ2n) is 9.98. The molecule has 0 radical (unpaired) electrons. The van der Waals surface area contributed by atoms with Crippen LogP contribution in [0.15, 0.2) is 24.3 Å². The Labute approximate surface area is 177 Å². The summed E-state index contributed by atoms with van der Waals surface area (Å²) in [6.07, 6.45) is 8.48. The molecule has 0 amide bonds. The van der Waals surface area contributed by atoms with Gasteiger partial charge in [0.1, 0.15) is 0 Å². The fourth-order valence-corrected chi connectivity index (χ4v) is 4.94. The van der Waals surface area contributed by atoms with Crippen molar-refractivity contribution in [3.05, 3.63) is 35.4 Å². The summed E-state index contributed by atoms with van der Waals surface area (Å²) in [5.41, 5.74) is 3.44. The average molecular weight is 409 g/mol. The molecule has 1 aliphatic heterocycles. The number of hydrogen-bond acceptors (Lipinski definition) is 2. The van der Waals surface area contributed by atoms with Crippen LogP contribution in [0.2, 0.25) is 0 Å². The summed E-state index contributed by atoms with van der Waals surface area (Å²) in [5, 5.41) is 3.59. The lowest BCUT2D eigenvalue weighted by atomic mass is 9.68. The third kappa shape index (κ3) is 8.72. The fourth-order valence-electron chi connectivity index (χ4n) is 4.94. The van der Waals surface area contributed by atoms with Gasteiger partial charge in [-0.3, -0.25) is 4.90 Å². The van der Waals surface area contributed by atoms with Crippen LogP contribution in [0.4, 0.5) is 8.78 Å². The van der Waals surface area contributed by atoms with E-state index < -0.39 is 5.92 Å². The highest BCUT2D eigenvalue weighted by Gasteiger charge is 2.37.